The van der Waals surface area contributed by atoms with E-state index in [1.807, 2.05) is 25.7 Å². The summed E-state index contributed by atoms with van der Waals surface area (Å²) in [4.78, 5) is 23.0. The Balaban J connectivity index is 1.79. The van der Waals surface area contributed by atoms with Gasteiger partial charge in [-0.25, -0.2) is 9.97 Å². The van der Waals surface area contributed by atoms with Gasteiger partial charge in [-0.15, -0.1) is 0 Å². The number of halogens is 3. The molecule has 0 saturated heterocycles. The Labute approximate surface area is 167 Å². The van der Waals surface area contributed by atoms with Gasteiger partial charge in [0, 0.05) is 13.0 Å². The number of rotatable bonds is 3. The van der Waals surface area contributed by atoms with Crippen molar-refractivity contribution in [1.29, 1.82) is 0 Å². The lowest BCUT2D eigenvalue weighted by atomic mass is 9.92. The van der Waals surface area contributed by atoms with Crippen LogP contribution in [0.3, 0.4) is 0 Å². The second-order valence-corrected chi connectivity index (χ2v) is 8.52. The molecule has 0 unspecified atom stereocenters. The molecule has 158 valence electrons. The molecule has 0 bridgehead atoms. The van der Waals surface area contributed by atoms with Crippen LogP contribution in [-0.2, 0) is 24.1 Å². The first-order valence-corrected chi connectivity index (χ1v) is 9.37. The van der Waals surface area contributed by atoms with Gasteiger partial charge in [0.05, 0.1) is 35.9 Å². The first-order chi connectivity index (χ1) is 13.3. The predicted molar refractivity (Wildman–Crippen MR) is 102 cm³/mol. The number of carbonyl (C=O) groups excluding carboxylic acids is 1. The van der Waals surface area contributed by atoms with Crippen LogP contribution < -0.4 is 10.2 Å². The molecular formula is C19H25F3N6O. The molecule has 0 radical (unpaired) electrons. The molecule has 2 aromatic rings. The van der Waals surface area contributed by atoms with Gasteiger partial charge >= 0.3 is 6.18 Å². The number of nitrogens with one attached hydrogen (secondary N) is 1. The van der Waals surface area contributed by atoms with Crippen molar-refractivity contribution in [3.63, 3.8) is 0 Å². The van der Waals surface area contributed by atoms with Crippen molar-refractivity contribution in [2.24, 2.45) is 5.41 Å². The molecule has 3 heterocycles. The van der Waals surface area contributed by atoms with Crippen LogP contribution in [0.5, 0.6) is 0 Å². The lowest BCUT2D eigenvalue weighted by Gasteiger charge is -2.28. The number of carbonyl (C=O) groups is 1. The maximum atomic E-state index is 12.9. The highest BCUT2D eigenvalue weighted by molar-refractivity contribution is 5.92. The predicted octanol–water partition coefficient (Wildman–Crippen LogP) is 3.70. The van der Waals surface area contributed by atoms with Gasteiger partial charge in [-0.3, -0.25) is 9.48 Å². The van der Waals surface area contributed by atoms with Crippen molar-refractivity contribution in [3.05, 3.63) is 28.8 Å². The van der Waals surface area contributed by atoms with E-state index in [0.717, 1.165) is 6.07 Å². The lowest BCUT2D eigenvalue weighted by Crippen LogP contribution is -2.35. The van der Waals surface area contributed by atoms with Crippen LogP contribution in [-0.4, -0.2) is 32.2 Å². The number of anilines is 2. The molecule has 0 saturated carbocycles. The molecule has 2 aromatic heterocycles. The Morgan fingerprint density at radius 3 is 2.31 bits per heavy atom. The molecule has 1 N–H and O–H groups in total. The molecule has 0 aromatic carbocycles. The monoisotopic (exact) mass is 410 g/mol. The number of amides is 1. The first kappa shape index (κ1) is 21.1. The Hall–Kier alpha value is -2.65. The van der Waals surface area contributed by atoms with Gasteiger partial charge in [-0.1, -0.05) is 20.8 Å². The SMILES string of the molecule is Cc1nc(N2CCn3nc(C(F)(F)F)cc3C2)nc(C)c1NC(=O)CC(C)(C)C. The quantitative estimate of drug-likeness (QED) is 0.835. The average molecular weight is 410 g/mol. The Morgan fingerprint density at radius 2 is 1.76 bits per heavy atom. The minimum absolute atomic E-state index is 0.110. The van der Waals surface area contributed by atoms with Gasteiger partial charge < -0.3 is 10.2 Å². The van der Waals surface area contributed by atoms with E-state index in [4.69, 9.17) is 0 Å². The molecule has 7 nitrogen and oxygen atoms in total. The zero-order valence-electron chi connectivity index (χ0n) is 17.2. The number of fused-ring (bicyclic) bond motifs is 1. The van der Waals surface area contributed by atoms with Gasteiger partial charge in [0.2, 0.25) is 11.9 Å². The van der Waals surface area contributed by atoms with E-state index < -0.39 is 11.9 Å². The van der Waals surface area contributed by atoms with Crippen LogP contribution >= 0.6 is 0 Å². The number of nitrogens with zero attached hydrogens (tertiary/aromatic N) is 5. The van der Waals surface area contributed by atoms with Crippen molar-refractivity contribution >= 4 is 17.5 Å². The zero-order valence-corrected chi connectivity index (χ0v) is 17.2. The average Bonchev–Trinajstić information content (AvgIpc) is 3.00. The number of alkyl halides is 3. The fourth-order valence-corrected chi connectivity index (χ4v) is 3.26. The molecule has 1 aliphatic rings. The van der Waals surface area contributed by atoms with E-state index >= 15 is 0 Å². The summed E-state index contributed by atoms with van der Waals surface area (Å²) in [6.07, 6.45) is -4.10. The Morgan fingerprint density at radius 1 is 1.14 bits per heavy atom. The second-order valence-electron chi connectivity index (χ2n) is 8.52. The smallest absolute Gasteiger partial charge is 0.333 e. The number of hydrogen-bond acceptors (Lipinski definition) is 5. The summed E-state index contributed by atoms with van der Waals surface area (Å²) in [5.41, 5.74) is 1.24. The maximum absolute atomic E-state index is 12.9. The molecule has 0 atom stereocenters. The third-order valence-electron chi connectivity index (χ3n) is 4.59. The fraction of sp³-hybridized carbons (Fsp3) is 0.579. The van der Waals surface area contributed by atoms with Crippen molar-refractivity contribution < 1.29 is 18.0 Å². The highest BCUT2D eigenvalue weighted by Gasteiger charge is 2.36. The number of aryl methyl sites for hydroxylation is 2. The lowest BCUT2D eigenvalue weighted by molar-refractivity contribution is -0.141. The normalized spacial score (nSPS) is 14.7. The molecular weight excluding hydrogens is 385 g/mol. The van der Waals surface area contributed by atoms with Crippen molar-refractivity contribution in [2.45, 2.75) is 60.3 Å². The van der Waals surface area contributed by atoms with Crippen LogP contribution in [0.25, 0.3) is 0 Å². The van der Waals surface area contributed by atoms with Crippen LogP contribution in [0, 0.1) is 19.3 Å². The Kier molecular flexibility index (Phi) is 5.31. The third-order valence-corrected chi connectivity index (χ3v) is 4.59. The van der Waals surface area contributed by atoms with Crippen LogP contribution in [0.4, 0.5) is 24.8 Å². The fourth-order valence-electron chi connectivity index (χ4n) is 3.26. The molecule has 1 amide bonds. The van der Waals surface area contributed by atoms with Gasteiger partial charge in [0.15, 0.2) is 5.69 Å². The van der Waals surface area contributed by atoms with E-state index in [1.54, 1.807) is 13.8 Å². The van der Waals surface area contributed by atoms with Gasteiger partial charge in [-0.2, -0.15) is 18.3 Å². The molecule has 10 heteroatoms. The van der Waals surface area contributed by atoms with E-state index in [2.05, 4.69) is 20.4 Å². The Bertz CT molecular complexity index is 906. The summed E-state index contributed by atoms with van der Waals surface area (Å²) in [7, 11) is 0. The van der Waals surface area contributed by atoms with E-state index in [0.29, 0.717) is 48.2 Å². The van der Waals surface area contributed by atoms with Crippen molar-refractivity contribution in [3.8, 4) is 0 Å². The molecule has 29 heavy (non-hydrogen) atoms. The molecule has 3 rings (SSSR count). The highest BCUT2D eigenvalue weighted by atomic mass is 19.4. The third kappa shape index (κ3) is 4.86. The van der Waals surface area contributed by atoms with E-state index in [-0.39, 0.29) is 17.9 Å². The summed E-state index contributed by atoms with van der Waals surface area (Å²) < 4.78 is 40.1. The summed E-state index contributed by atoms with van der Waals surface area (Å²) in [5, 5.41) is 6.52. The topological polar surface area (TPSA) is 75.9 Å². The van der Waals surface area contributed by atoms with Gasteiger partial charge in [0.1, 0.15) is 0 Å². The van der Waals surface area contributed by atoms with Crippen molar-refractivity contribution in [2.75, 3.05) is 16.8 Å². The molecule has 1 aliphatic heterocycles. The van der Waals surface area contributed by atoms with Gasteiger partial charge in [-0.05, 0) is 25.3 Å². The number of aromatic nitrogens is 4. The summed E-state index contributed by atoms with van der Waals surface area (Å²) in [5.74, 6) is 0.316. The first-order valence-electron chi connectivity index (χ1n) is 9.37. The van der Waals surface area contributed by atoms with Gasteiger partial charge in [0.25, 0.3) is 0 Å². The largest absolute Gasteiger partial charge is 0.435 e. The number of hydrogen-bond donors (Lipinski definition) is 1. The van der Waals surface area contributed by atoms with E-state index in [9.17, 15) is 18.0 Å². The minimum atomic E-state index is -4.47. The maximum Gasteiger partial charge on any atom is 0.435 e. The molecule has 0 fully saturated rings. The second kappa shape index (κ2) is 7.31. The van der Waals surface area contributed by atoms with Crippen LogP contribution in [0.2, 0.25) is 0 Å². The zero-order chi connectivity index (χ0) is 21.6. The van der Waals surface area contributed by atoms with E-state index in [1.165, 1.54) is 4.68 Å². The summed E-state index contributed by atoms with van der Waals surface area (Å²) in [6, 6.07) is 1.06. The molecule has 0 aliphatic carbocycles. The summed E-state index contributed by atoms with van der Waals surface area (Å²) >= 11 is 0. The van der Waals surface area contributed by atoms with Crippen LogP contribution in [0.1, 0.15) is 50.0 Å². The van der Waals surface area contributed by atoms with Crippen molar-refractivity contribution in [1.82, 2.24) is 19.7 Å². The highest BCUT2D eigenvalue weighted by Crippen LogP contribution is 2.30. The summed E-state index contributed by atoms with van der Waals surface area (Å²) in [6.45, 7) is 10.5. The minimum Gasteiger partial charge on any atom is -0.333 e. The standard InChI is InChI=1S/C19H25F3N6O/c1-11-16(25-15(29)9-18(3,4)5)12(2)24-17(23-11)27-6-7-28-13(10-27)8-14(26-28)19(20,21)22/h8H,6-7,9-10H2,1-5H3,(H,25,29). The van der Waals surface area contributed by atoms with Crippen LogP contribution in [0.15, 0.2) is 6.07 Å². The molecule has 0 spiro atoms.